The Morgan fingerprint density at radius 2 is 2.26 bits per heavy atom. The van der Waals surface area contributed by atoms with Crippen LogP contribution in [0.3, 0.4) is 0 Å². The third-order valence-corrected chi connectivity index (χ3v) is 4.18. The summed E-state index contributed by atoms with van der Waals surface area (Å²) < 4.78 is 0. The zero-order chi connectivity index (χ0) is 14.0. The molecule has 0 aromatic heterocycles. The predicted molar refractivity (Wildman–Crippen MR) is 78.8 cm³/mol. The number of carbonyl (C=O) groups excluding carboxylic acids is 1. The highest BCUT2D eigenvalue weighted by Gasteiger charge is 2.20. The number of carbonyl (C=O) groups is 1. The normalized spacial score (nSPS) is 19.6. The van der Waals surface area contributed by atoms with Gasteiger partial charge in [0.05, 0.1) is 15.7 Å². The highest BCUT2D eigenvalue weighted by Crippen LogP contribution is 2.29. The first-order chi connectivity index (χ1) is 8.97. The molecule has 0 aliphatic carbocycles. The lowest BCUT2D eigenvalue weighted by Crippen LogP contribution is -2.30. The smallest absolute Gasteiger partial charge is 0.251 e. The molecule has 0 saturated carbocycles. The van der Waals surface area contributed by atoms with Gasteiger partial charge in [-0.05, 0) is 38.1 Å². The molecule has 1 saturated heterocycles. The van der Waals surface area contributed by atoms with Crippen LogP contribution < -0.4 is 11.1 Å². The van der Waals surface area contributed by atoms with Gasteiger partial charge in [-0.25, -0.2) is 0 Å². The Bertz CT molecular complexity index is 470. The zero-order valence-corrected chi connectivity index (χ0v) is 12.3. The van der Waals surface area contributed by atoms with E-state index < -0.39 is 0 Å². The van der Waals surface area contributed by atoms with Crippen LogP contribution in [0.25, 0.3) is 0 Å². The Hall–Kier alpha value is -0.970. The summed E-state index contributed by atoms with van der Waals surface area (Å²) in [5.41, 5.74) is 6.45. The van der Waals surface area contributed by atoms with Gasteiger partial charge >= 0.3 is 0 Å². The summed E-state index contributed by atoms with van der Waals surface area (Å²) in [5.74, 6) is 0.342. The van der Waals surface area contributed by atoms with Gasteiger partial charge in [0.25, 0.3) is 5.91 Å². The molecule has 104 valence electrons. The molecule has 0 spiro atoms. The van der Waals surface area contributed by atoms with Crippen molar-refractivity contribution in [3.05, 3.63) is 27.7 Å². The standard InChI is InChI=1S/C13H17Cl2N3O/c1-18-3-2-8(7-18)6-17-13(19)9-4-10(14)12(15)11(16)5-9/h4-5,8H,2-3,6-7,16H2,1H3,(H,17,19). The first-order valence-electron chi connectivity index (χ1n) is 6.18. The monoisotopic (exact) mass is 301 g/mol. The van der Waals surface area contributed by atoms with Gasteiger partial charge in [-0.2, -0.15) is 0 Å². The maximum atomic E-state index is 12.0. The predicted octanol–water partition coefficient (Wildman–Crippen LogP) is 2.26. The maximum absolute atomic E-state index is 12.0. The van der Waals surface area contributed by atoms with Crippen LogP contribution in [0.5, 0.6) is 0 Å². The Labute approximate surface area is 122 Å². The first kappa shape index (κ1) is 14.4. The van der Waals surface area contributed by atoms with Crippen LogP contribution in [0.4, 0.5) is 5.69 Å². The molecule has 1 unspecified atom stereocenters. The zero-order valence-electron chi connectivity index (χ0n) is 10.7. The van der Waals surface area contributed by atoms with E-state index in [4.69, 9.17) is 28.9 Å². The molecular formula is C13H17Cl2N3O. The van der Waals surface area contributed by atoms with Crippen LogP contribution in [0.1, 0.15) is 16.8 Å². The van der Waals surface area contributed by atoms with Crippen molar-refractivity contribution in [3.8, 4) is 0 Å². The fraction of sp³-hybridized carbons (Fsp3) is 0.462. The molecular weight excluding hydrogens is 285 g/mol. The summed E-state index contributed by atoms with van der Waals surface area (Å²) in [7, 11) is 2.08. The van der Waals surface area contributed by atoms with Crippen molar-refractivity contribution >= 4 is 34.8 Å². The Morgan fingerprint density at radius 1 is 1.53 bits per heavy atom. The SMILES string of the molecule is CN1CCC(CNC(=O)c2cc(N)c(Cl)c(Cl)c2)C1. The van der Waals surface area contributed by atoms with Crippen LogP contribution >= 0.6 is 23.2 Å². The first-order valence-corrected chi connectivity index (χ1v) is 6.94. The van der Waals surface area contributed by atoms with E-state index in [-0.39, 0.29) is 10.9 Å². The van der Waals surface area contributed by atoms with Crippen molar-refractivity contribution in [1.29, 1.82) is 0 Å². The van der Waals surface area contributed by atoms with Gasteiger partial charge in [0, 0.05) is 18.7 Å². The Kier molecular flexibility index (Phi) is 4.55. The summed E-state index contributed by atoms with van der Waals surface area (Å²) in [6, 6.07) is 3.08. The minimum absolute atomic E-state index is 0.167. The van der Waals surface area contributed by atoms with Crippen LogP contribution in [0.2, 0.25) is 10.0 Å². The lowest BCUT2D eigenvalue weighted by atomic mass is 10.1. The van der Waals surface area contributed by atoms with E-state index in [9.17, 15) is 4.79 Å². The van der Waals surface area contributed by atoms with Crippen molar-refractivity contribution in [1.82, 2.24) is 10.2 Å². The summed E-state index contributed by atoms with van der Waals surface area (Å²) >= 11 is 11.8. The number of nitrogens with two attached hydrogens (primary N) is 1. The van der Waals surface area contributed by atoms with Crippen molar-refractivity contribution in [2.75, 3.05) is 32.4 Å². The number of rotatable bonds is 3. The average molecular weight is 302 g/mol. The molecule has 3 N–H and O–H groups in total. The number of hydrogen-bond donors (Lipinski definition) is 2. The third kappa shape index (κ3) is 3.53. The van der Waals surface area contributed by atoms with Crippen LogP contribution in [0, 0.1) is 5.92 Å². The van der Waals surface area contributed by atoms with Gasteiger partial charge in [-0.15, -0.1) is 0 Å². The summed E-state index contributed by atoms with van der Waals surface area (Å²) in [4.78, 5) is 14.3. The molecule has 1 atom stereocenters. The summed E-state index contributed by atoms with van der Waals surface area (Å²) in [5, 5.41) is 3.50. The van der Waals surface area contributed by atoms with E-state index in [1.807, 2.05) is 0 Å². The molecule has 4 nitrogen and oxygen atoms in total. The number of nitrogens with zero attached hydrogens (tertiary/aromatic N) is 1. The van der Waals surface area contributed by atoms with E-state index in [0.717, 1.165) is 19.5 Å². The van der Waals surface area contributed by atoms with Crippen LogP contribution in [-0.2, 0) is 0 Å². The van der Waals surface area contributed by atoms with Gasteiger partial charge in [0.2, 0.25) is 0 Å². The lowest BCUT2D eigenvalue weighted by Gasteiger charge is -2.12. The number of likely N-dealkylation sites (tertiary alicyclic amines) is 1. The minimum atomic E-state index is -0.167. The second-order valence-electron chi connectivity index (χ2n) is 4.99. The topological polar surface area (TPSA) is 58.4 Å². The van der Waals surface area contributed by atoms with E-state index >= 15 is 0 Å². The number of anilines is 1. The van der Waals surface area contributed by atoms with Crippen LogP contribution in [-0.4, -0.2) is 37.5 Å². The summed E-state index contributed by atoms with van der Waals surface area (Å²) in [6.07, 6.45) is 1.11. The number of nitrogen functional groups attached to an aromatic ring is 1. The molecule has 6 heteroatoms. The largest absolute Gasteiger partial charge is 0.397 e. The molecule has 1 aliphatic rings. The fourth-order valence-electron chi connectivity index (χ4n) is 2.27. The van der Waals surface area contributed by atoms with Gasteiger partial charge in [-0.1, -0.05) is 23.2 Å². The lowest BCUT2D eigenvalue weighted by molar-refractivity contribution is 0.0947. The number of halogens is 2. The molecule has 19 heavy (non-hydrogen) atoms. The number of nitrogens with one attached hydrogen (secondary N) is 1. The highest BCUT2D eigenvalue weighted by atomic mass is 35.5. The van der Waals surface area contributed by atoms with E-state index in [0.29, 0.717) is 28.7 Å². The maximum Gasteiger partial charge on any atom is 0.251 e. The second kappa shape index (κ2) is 5.99. The van der Waals surface area contributed by atoms with Gasteiger partial charge in [-0.3, -0.25) is 4.79 Å². The highest BCUT2D eigenvalue weighted by molar-refractivity contribution is 6.43. The Morgan fingerprint density at radius 3 is 2.84 bits per heavy atom. The second-order valence-corrected chi connectivity index (χ2v) is 5.77. The summed E-state index contributed by atoms with van der Waals surface area (Å²) in [6.45, 7) is 2.77. The molecule has 1 fully saturated rings. The number of amides is 1. The molecule has 1 amide bonds. The molecule has 1 aromatic rings. The van der Waals surface area contributed by atoms with Crippen molar-refractivity contribution in [2.24, 2.45) is 5.92 Å². The third-order valence-electron chi connectivity index (χ3n) is 3.36. The molecule has 1 aliphatic heterocycles. The average Bonchev–Trinajstić information content (AvgIpc) is 2.78. The molecule has 0 radical (unpaired) electrons. The van der Waals surface area contributed by atoms with Gasteiger partial charge < -0.3 is 16.0 Å². The Balaban J connectivity index is 1.96. The number of benzene rings is 1. The van der Waals surface area contributed by atoms with E-state index in [2.05, 4.69) is 17.3 Å². The van der Waals surface area contributed by atoms with Crippen molar-refractivity contribution < 1.29 is 4.79 Å². The van der Waals surface area contributed by atoms with E-state index in [1.54, 1.807) is 6.07 Å². The molecule has 1 aromatic carbocycles. The van der Waals surface area contributed by atoms with Crippen molar-refractivity contribution in [3.63, 3.8) is 0 Å². The minimum Gasteiger partial charge on any atom is -0.397 e. The quantitative estimate of drug-likeness (QED) is 0.842. The van der Waals surface area contributed by atoms with Gasteiger partial charge in [0.15, 0.2) is 0 Å². The van der Waals surface area contributed by atoms with Crippen molar-refractivity contribution in [2.45, 2.75) is 6.42 Å². The molecule has 0 bridgehead atoms. The number of hydrogen-bond acceptors (Lipinski definition) is 3. The molecule has 1 heterocycles. The van der Waals surface area contributed by atoms with E-state index in [1.165, 1.54) is 6.07 Å². The fourth-order valence-corrected chi connectivity index (χ4v) is 2.61. The molecule has 2 rings (SSSR count). The van der Waals surface area contributed by atoms with Gasteiger partial charge in [0.1, 0.15) is 0 Å². The van der Waals surface area contributed by atoms with Crippen LogP contribution in [0.15, 0.2) is 12.1 Å².